The lowest BCUT2D eigenvalue weighted by Gasteiger charge is -2.35. The van der Waals surface area contributed by atoms with Crippen LogP contribution in [0.1, 0.15) is 15.9 Å². The molecular formula is C29H32N6O. The highest BCUT2D eigenvalue weighted by Crippen LogP contribution is 2.30. The number of nitrogens with zero attached hydrogens (tertiary/aromatic N) is 5. The van der Waals surface area contributed by atoms with Gasteiger partial charge in [0.25, 0.3) is 5.91 Å². The van der Waals surface area contributed by atoms with Crippen molar-refractivity contribution in [3.05, 3.63) is 78.0 Å². The van der Waals surface area contributed by atoms with E-state index in [9.17, 15) is 4.79 Å². The van der Waals surface area contributed by atoms with Crippen LogP contribution in [0.15, 0.2) is 66.9 Å². The molecule has 0 atom stereocenters. The van der Waals surface area contributed by atoms with Crippen LogP contribution in [0.3, 0.4) is 0 Å². The van der Waals surface area contributed by atoms with E-state index in [0.29, 0.717) is 11.5 Å². The molecule has 1 N–H and O–H groups in total. The lowest BCUT2D eigenvalue weighted by atomic mass is 10.0. The number of nitrogens with one attached hydrogen (secondary N) is 1. The summed E-state index contributed by atoms with van der Waals surface area (Å²) >= 11 is 0. The Morgan fingerprint density at radius 1 is 0.972 bits per heavy atom. The Morgan fingerprint density at radius 2 is 1.72 bits per heavy atom. The summed E-state index contributed by atoms with van der Waals surface area (Å²) in [6, 6.07) is 20.2. The number of aryl methyl sites for hydroxylation is 1. The first-order valence-corrected chi connectivity index (χ1v) is 12.3. The molecule has 184 valence electrons. The summed E-state index contributed by atoms with van der Waals surface area (Å²) in [5, 5.41) is 4.36. The van der Waals surface area contributed by atoms with Gasteiger partial charge in [0, 0.05) is 74.4 Å². The molecule has 1 fully saturated rings. The Balaban J connectivity index is 1.40. The predicted octanol–water partition coefficient (Wildman–Crippen LogP) is 4.80. The molecule has 0 saturated carbocycles. The molecule has 1 aliphatic heterocycles. The molecule has 7 nitrogen and oxygen atoms in total. The number of hydrogen-bond acceptors (Lipinski definition) is 6. The van der Waals surface area contributed by atoms with Crippen LogP contribution < -0.4 is 10.2 Å². The fourth-order valence-electron chi connectivity index (χ4n) is 4.66. The van der Waals surface area contributed by atoms with Crippen molar-refractivity contribution in [3.8, 4) is 11.1 Å². The topological polar surface area (TPSA) is 64.6 Å². The van der Waals surface area contributed by atoms with E-state index >= 15 is 0 Å². The van der Waals surface area contributed by atoms with Crippen LogP contribution in [-0.2, 0) is 0 Å². The minimum absolute atomic E-state index is 0.0118. The minimum Gasteiger partial charge on any atom is -0.369 e. The van der Waals surface area contributed by atoms with Gasteiger partial charge in [-0.3, -0.25) is 4.79 Å². The number of benzene rings is 3. The van der Waals surface area contributed by atoms with E-state index in [1.165, 1.54) is 11.3 Å². The van der Waals surface area contributed by atoms with Crippen molar-refractivity contribution < 1.29 is 4.79 Å². The highest BCUT2D eigenvalue weighted by Gasteiger charge is 2.16. The van der Waals surface area contributed by atoms with Crippen LogP contribution in [0.4, 0.5) is 17.3 Å². The molecule has 2 heterocycles. The number of rotatable bonds is 5. The number of amides is 1. The number of aromatic nitrogens is 2. The molecule has 0 aliphatic carbocycles. The van der Waals surface area contributed by atoms with E-state index in [-0.39, 0.29) is 5.91 Å². The van der Waals surface area contributed by atoms with E-state index in [4.69, 9.17) is 4.98 Å². The summed E-state index contributed by atoms with van der Waals surface area (Å²) in [5.74, 6) is 0.545. The van der Waals surface area contributed by atoms with Crippen molar-refractivity contribution in [1.29, 1.82) is 0 Å². The average molecular weight is 481 g/mol. The van der Waals surface area contributed by atoms with Gasteiger partial charge < -0.3 is 20.0 Å². The van der Waals surface area contributed by atoms with Gasteiger partial charge in [-0.1, -0.05) is 30.3 Å². The van der Waals surface area contributed by atoms with E-state index in [0.717, 1.165) is 53.9 Å². The van der Waals surface area contributed by atoms with Gasteiger partial charge in [-0.2, -0.15) is 0 Å². The Labute approximate surface area is 212 Å². The van der Waals surface area contributed by atoms with Crippen LogP contribution in [0.25, 0.3) is 22.0 Å². The van der Waals surface area contributed by atoms with E-state index in [1.807, 2.05) is 42.6 Å². The predicted molar refractivity (Wildman–Crippen MR) is 147 cm³/mol. The highest BCUT2D eigenvalue weighted by atomic mass is 16.2. The van der Waals surface area contributed by atoms with Crippen molar-refractivity contribution in [2.75, 3.05) is 57.5 Å². The van der Waals surface area contributed by atoms with E-state index < -0.39 is 0 Å². The van der Waals surface area contributed by atoms with Gasteiger partial charge in [-0.25, -0.2) is 9.97 Å². The summed E-state index contributed by atoms with van der Waals surface area (Å²) in [4.78, 5) is 28.1. The lowest BCUT2D eigenvalue weighted by molar-refractivity contribution is 0.0827. The summed E-state index contributed by atoms with van der Waals surface area (Å²) < 4.78 is 0. The quantitative estimate of drug-likeness (QED) is 0.443. The molecule has 1 saturated heterocycles. The van der Waals surface area contributed by atoms with Crippen LogP contribution in [0.5, 0.6) is 0 Å². The zero-order chi connectivity index (χ0) is 25.2. The molecule has 4 aromatic rings. The van der Waals surface area contributed by atoms with Gasteiger partial charge in [0.15, 0.2) is 0 Å². The van der Waals surface area contributed by atoms with Crippen LogP contribution in [0.2, 0.25) is 0 Å². The number of para-hydroxylation sites is 1. The summed E-state index contributed by atoms with van der Waals surface area (Å²) in [6.07, 6.45) is 1.85. The van der Waals surface area contributed by atoms with Gasteiger partial charge in [0.1, 0.15) is 0 Å². The fraction of sp³-hybridized carbons (Fsp3) is 0.276. The third-order valence-corrected chi connectivity index (χ3v) is 6.76. The van der Waals surface area contributed by atoms with Crippen molar-refractivity contribution in [2.45, 2.75) is 6.92 Å². The van der Waals surface area contributed by atoms with Crippen molar-refractivity contribution in [2.24, 2.45) is 0 Å². The number of carbonyl (C=O) groups is 1. The minimum atomic E-state index is -0.0118. The molecule has 1 aliphatic rings. The molecule has 1 aromatic heterocycles. The Hall–Kier alpha value is -3.97. The summed E-state index contributed by atoms with van der Waals surface area (Å²) in [7, 11) is 5.69. The van der Waals surface area contributed by atoms with Crippen LogP contribution in [-0.4, -0.2) is 73.0 Å². The lowest BCUT2D eigenvalue weighted by Crippen LogP contribution is -2.44. The molecule has 1 amide bonds. The van der Waals surface area contributed by atoms with Gasteiger partial charge >= 0.3 is 0 Å². The van der Waals surface area contributed by atoms with Crippen LogP contribution >= 0.6 is 0 Å². The molecule has 5 rings (SSSR count). The second-order valence-electron chi connectivity index (χ2n) is 9.63. The molecule has 7 heteroatoms. The molecule has 0 spiro atoms. The van der Waals surface area contributed by atoms with Gasteiger partial charge in [-0.15, -0.1) is 0 Å². The Bertz CT molecular complexity index is 1390. The van der Waals surface area contributed by atoms with Gasteiger partial charge in [0.05, 0.1) is 5.52 Å². The van der Waals surface area contributed by atoms with E-state index in [2.05, 4.69) is 58.3 Å². The van der Waals surface area contributed by atoms with Crippen molar-refractivity contribution >= 4 is 34.1 Å². The standard InChI is InChI=1S/C29H32N6O/c1-20-18-24(12-13-26(20)35-16-14-34(4)15-17-35)31-29-30-19-23-6-5-7-25(27(23)32-29)21-8-10-22(11-9-21)28(36)33(2)3/h5-13,18-19H,14-17H2,1-4H3,(H,30,31,32). The average Bonchev–Trinajstić information content (AvgIpc) is 2.89. The fourth-order valence-corrected chi connectivity index (χ4v) is 4.66. The third-order valence-electron chi connectivity index (χ3n) is 6.76. The first kappa shape index (κ1) is 23.8. The number of carbonyl (C=O) groups excluding carboxylic acids is 1. The Kier molecular flexibility index (Phi) is 6.57. The molecule has 3 aromatic carbocycles. The number of anilines is 3. The number of piperazine rings is 1. The second-order valence-corrected chi connectivity index (χ2v) is 9.63. The first-order valence-electron chi connectivity index (χ1n) is 12.3. The van der Waals surface area contributed by atoms with Crippen LogP contribution in [0, 0.1) is 6.92 Å². The SMILES string of the molecule is Cc1cc(Nc2ncc3cccc(-c4ccc(C(=O)N(C)C)cc4)c3n2)ccc1N1CCN(C)CC1. The largest absolute Gasteiger partial charge is 0.369 e. The number of hydrogen-bond donors (Lipinski definition) is 1. The molecule has 0 bridgehead atoms. The maximum atomic E-state index is 12.3. The van der Waals surface area contributed by atoms with Crippen molar-refractivity contribution in [1.82, 2.24) is 19.8 Å². The number of fused-ring (bicyclic) bond motifs is 1. The summed E-state index contributed by atoms with van der Waals surface area (Å²) in [6.45, 7) is 6.42. The third kappa shape index (κ3) is 4.88. The smallest absolute Gasteiger partial charge is 0.253 e. The Morgan fingerprint density at radius 3 is 2.42 bits per heavy atom. The second kappa shape index (κ2) is 9.95. The van der Waals surface area contributed by atoms with Crippen molar-refractivity contribution in [3.63, 3.8) is 0 Å². The first-order chi connectivity index (χ1) is 17.4. The van der Waals surface area contributed by atoms with E-state index in [1.54, 1.807) is 19.0 Å². The zero-order valence-corrected chi connectivity index (χ0v) is 21.3. The summed E-state index contributed by atoms with van der Waals surface area (Å²) in [5.41, 5.74) is 7.03. The zero-order valence-electron chi connectivity index (χ0n) is 21.3. The van der Waals surface area contributed by atoms with Gasteiger partial charge in [-0.05, 0) is 55.4 Å². The normalized spacial score (nSPS) is 14.2. The molecular weight excluding hydrogens is 448 g/mol. The maximum Gasteiger partial charge on any atom is 0.253 e. The molecule has 0 radical (unpaired) electrons. The maximum absolute atomic E-state index is 12.3. The molecule has 0 unspecified atom stereocenters. The van der Waals surface area contributed by atoms with Gasteiger partial charge in [0.2, 0.25) is 5.95 Å². The number of likely N-dealkylation sites (N-methyl/N-ethyl adjacent to an activating group) is 1. The monoisotopic (exact) mass is 480 g/mol. The molecule has 36 heavy (non-hydrogen) atoms. The highest BCUT2D eigenvalue weighted by molar-refractivity contribution is 5.96.